The van der Waals surface area contributed by atoms with Gasteiger partial charge >= 0.3 is 0 Å². The van der Waals surface area contributed by atoms with Gasteiger partial charge in [-0.25, -0.2) is 4.39 Å². The van der Waals surface area contributed by atoms with E-state index in [0.717, 1.165) is 16.9 Å². The third-order valence-electron chi connectivity index (χ3n) is 3.68. The fourth-order valence-electron chi connectivity index (χ4n) is 2.30. The standard InChI is InChI=1S/C20H16BrFN2O2/c21-16-5-8-18(19(22)10-16)20(25)24-12-14-3-6-17(7-4-14)26-13-15-2-1-9-23-11-15/h1-11H,12-13H2,(H,24,25). The highest BCUT2D eigenvalue weighted by molar-refractivity contribution is 9.10. The summed E-state index contributed by atoms with van der Waals surface area (Å²) in [5, 5.41) is 2.71. The second-order valence-corrected chi connectivity index (χ2v) is 6.52. The number of benzene rings is 2. The van der Waals surface area contributed by atoms with E-state index in [-0.39, 0.29) is 5.56 Å². The first-order valence-corrected chi connectivity index (χ1v) is 8.75. The molecule has 3 aromatic rings. The summed E-state index contributed by atoms with van der Waals surface area (Å²) in [4.78, 5) is 16.1. The maximum Gasteiger partial charge on any atom is 0.254 e. The Kier molecular flexibility index (Phi) is 5.96. The summed E-state index contributed by atoms with van der Waals surface area (Å²) in [7, 11) is 0. The molecular formula is C20H16BrFN2O2. The van der Waals surface area contributed by atoms with E-state index in [1.54, 1.807) is 18.5 Å². The van der Waals surface area contributed by atoms with E-state index in [1.165, 1.54) is 12.1 Å². The maximum atomic E-state index is 13.8. The van der Waals surface area contributed by atoms with Gasteiger partial charge in [-0.1, -0.05) is 34.1 Å². The van der Waals surface area contributed by atoms with Gasteiger partial charge in [-0.3, -0.25) is 9.78 Å². The van der Waals surface area contributed by atoms with E-state index in [2.05, 4.69) is 26.2 Å². The molecule has 1 amide bonds. The molecule has 0 saturated carbocycles. The van der Waals surface area contributed by atoms with Crippen molar-refractivity contribution in [3.8, 4) is 5.75 Å². The number of hydrogen-bond acceptors (Lipinski definition) is 3. The molecule has 4 nitrogen and oxygen atoms in total. The zero-order chi connectivity index (χ0) is 18.4. The predicted octanol–water partition coefficient (Wildman–Crippen LogP) is 4.49. The Labute approximate surface area is 159 Å². The smallest absolute Gasteiger partial charge is 0.254 e. The topological polar surface area (TPSA) is 51.2 Å². The maximum absolute atomic E-state index is 13.8. The molecule has 26 heavy (non-hydrogen) atoms. The Morgan fingerprint density at radius 1 is 1.12 bits per heavy atom. The van der Waals surface area contributed by atoms with Crippen molar-refractivity contribution in [2.75, 3.05) is 0 Å². The van der Waals surface area contributed by atoms with Crippen LogP contribution in [0.3, 0.4) is 0 Å². The van der Waals surface area contributed by atoms with Crippen molar-refractivity contribution >= 4 is 21.8 Å². The van der Waals surface area contributed by atoms with Crippen molar-refractivity contribution in [3.63, 3.8) is 0 Å². The highest BCUT2D eigenvalue weighted by atomic mass is 79.9. The Bertz CT molecular complexity index is 886. The average molecular weight is 415 g/mol. The number of nitrogens with zero attached hydrogens (tertiary/aromatic N) is 1. The second-order valence-electron chi connectivity index (χ2n) is 5.60. The first-order chi connectivity index (χ1) is 12.6. The van der Waals surface area contributed by atoms with Crippen LogP contribution in [0.5, 0.6) is 5.75 Å². The molecule has 6 heteroatoms. The lowest BCUT2D eigenvalue weighted by Gasteiger charge is -2.09. The van der Waals surface area contributed by atoms with Gasteiger partial charge in [0.25, 0.3) is 5.91 Å². The van der Waals surface area contributed by atoms with E-state index in [4.69, 9.17) is 4.74 Å². The molecule has 0 aliphatic rings. The number of nitrogens with one attached hydrogen (secondary N) is 1. The van der Waals surface area contributed by atoms with E-state index in [0.29, 0.717) is 17.6 Å². The number of amides is 1. The molecule has 0 saturated heterocycles. The van der Waals surface area contributed by atoms with Crippen molar-refractivity contribution in [1.82, 2.24) is 10.3 Å². The molecule has 0 aliphatic heterocycles. The summed E-state index contributed by atoms with van der Waals surface area (Å²) in [5.41, 5.74) is 1.90. The summed E-state index contributed by atoms with van der Waals surface area (Å²) in [6.07, 6.45) is 3.47. The minimum Gasteiger partial charge on any atom is -0.489 e. The molecule has 0 spiro atoms. The molecule has 0 radical (unpaired) electrons. The minimum absolute atomic E-state index is 0.0182. The average Bonchev–Trinajstić information content (AvgIpc) is 2.66. The number of rotatable bonds is 6. The molecule has 0 bridgehead atoms. The lowest BCUT2D eigenvalue weighted by Crippen LogP contribution is -2.23. The minimum atomic E-state index is -0.559. The van der Waals surface area contributed by atoms with Gasteiger partial charge in [0.2, 0.25) is 0 Å². The lowest BCUT2D eigenvalue weighted by molar-refractivity contribution is 0.0947. The molecule has 1 N–H and O–H groups in total. The highest BCUT2D eigenvalue weighted by Gasteiger charge is 2.11. The lowest BCUT2D eigenvalue weighted by atomic mass is 10.2. The van der Waals surface area contributed by atoms with E-state index in [1.807, 2.05) is 36.4 Å². The van der Waals surface area contributed by atoms with Crippen molar-refractivity contribution in [2.45, 2.75) is 13.2 Å². The van der Waals surface area contributed by atoms with Gasteiger partial charge in [-0.05, 0) is 42.0 Å². The third kappa shape index (κ3) is 4.89. The van der Waals surface area contributed by atoms with Crippen molar-refractivity contribution < 1.29 is 13.9 Å². The van der Waals surface area contributed by atoms with Crippen LogP contribution in [0.15, 0.2) is 71.5 Å². The second kappa shape index (κ2) is 8.58. The van der Waals surface area contributed by atoms with Crippen LogP contribution in [-0.2, 0) is 13.2 Å². The quantitative estimate of drug-likeness (QED) is 0.646. The van der Waals surface area contributed by atoms with E-state index < -0.39 is 11.7 Å². The number of carbonyl (C=O) groups excluding carboxylic acids is 1. The Balaban J connectivity index is 1.53. The molecule has 3 rings (SSSR count). The summed E-state index contributed by atoms with van der Waals surface area (Å²) in [6.45, 7) is 0.740. The Morgan fingerprint density at radius 3 is 2.62 bits per heavy atom. The van der Waals surface area contributed by atoms with Gasteiger partial charge in [0, 0.05) is 29.0 Å². The zero-order valence-corrected chi connectivity index (χ0v) is 15.4. The SMILES string of the molecule is O=C(NCc1ccc(OCc2cccnc2)cc1)c1ccc(Br)cc1F. The van der Waals surface area contributed by atoms with Crippen molar-refractivity contribution in [2.24, 2.45) is 0 Å². The van der Waals surface area contributed by atoms with Gasteiger partial charge in [0.15, 0.2) is 0 Å². The van der Waals surface area contributed by atoms with Crippen molar-refractivity contribution in [3.05, 3.63) is 94.0 Å². The Hall–Kier alpha value is -2.73. The van der Waals surface area contributed by atoms with Gasteiger partial charge in [0.05, 0.1) is 5.56 Å². The number of halogens is 2. The van der Waals surface area contributed by atoms with Gasteiger partial charge < -0.3 is 10.1 Å². The number of carbonyl (C=O) groups is 1. The fourth-order valence-corrected chi connectivity index (χ4v) is 2.64. The number of hydrogen-bond donors (Lipinski definition) is 1. The van der Waals surface area contributed by atoms with Crippen LogP contribution >= 0.6 is 15.9 Å². The van der Waals surface area contributed by atoms with Gasteiger partial charge in [-0.15, -0.1) is 0 Å². The predicted molar refractivity (Wildman–Crippen MR) is 100 cm³/mol. The molecule has 0 aliphatic carbocycles. The molecule has 132 valence electrons. The van der Waals surface area contributed by atoms with Crippen LogP contribution in [-0.4, -0.2) is 10.9 Å². The molecule has 1 aromatic heterocycles. The molecule has 0 unspecified atom stereocenters. The normalized spacial score (nSPS) is 10.4. The summed E-state index contributed by atoms with van der Waals surface area (Å²) < 4.78 is 20.1. The van der Waals surface area contributed by atoms with Crippen LogP contribution < -0.4 is 10.1 Å². The first kappa shape index (κ1) is 18.1. The summed E-state index contributed by atoms with van der Waals surface area (Å²) in [5.74, 6) is -0.286. The fraction of sp³-hybridized carbons (Fsp3) is 0.100. The number of ether oxygens (including phenoxy) is 1. The third-order valence-corrected chi connectivity index (χ3v) is 4.17. The van der Waals surface area contributed by atoms with E-state index in [9.17, 15) is 9.18 Å². The summed E-state index contributed by atoms with van der Waals surface area (Å²) in [6, 6.07) is 15.5. The molecule has 2 aromatic carbocycles. The van der Waals surface area contributed by atoms with Crippen molar-refractivity contribution in [1.29, 1.82) is 0 Å². The van der Waals surface area contributed by atoms with Crippen LogP contribution in [0.25, 0.3) is 0 Å². The van der Waals surface area contributed by atoms with Crippen LogP contribution in [0.1, 0.15) is 21.5 Å². The highest BCUT2D eigenvalue weighted by Crippen LogP contribution is 2.16. The van der Waals surface area contributed by atoms with Crippen LogP contribution in [0.2, 0.25) is 0 Å². The summed E-state index contributed by atoms with van der Waals surface area (Å²) >= 11 is 3.17. The van der Waals surface area contributed by atoms with Crippen LogP contribution in [0, 0.1) is 5.82 Å². The molecule has 1 heterocycles. The van der Waals surface area contributed by atoms with Gasteiger partial charge in [-0.2, -0.15) is 0 Å². The molecular weight excluding hydrogens is 399 g/mol. The molecule has 0 fully saturated rings. The Morgan fingerprint density at radius 2 is 1.92 bits per heavy atom. The zero-order valence-electron chi connectivity index (χ0n) is 13.8. The largest absolute Gasteiger partial charge is 0.489 e. The first-order valence-electron chi connectivity index (χ1n) is 7.96. The number of pyridine rings is 1. The van der Waals surface area contributed by atoms with Gasteiger partial charge in [0.1, 0.15) is 18.2 Å². The monoisotopic (exact) mass is 414 g/mol. The number of aromatic nitrogens is 1. The molecule has 0 atom stereocenters. The van der Waals surface area contributed by atoms with E-state index >= 15 is 0 Å². The van der Waals surface area contributed by atoms with Crippen LogP contribution in [0.4, 0.5) is 4.39 Å².